The topological polar surface area (TPSA) is 26.3 Å². The van der Waals surface area contributed by atoms with Crippen LogP contribution in [0.1, 0.15) is 51.4 Å². The molecule has 0 spiro atoms. The fourth-order valence-electron chi connectivity index (χ4n) is 1.98. The third-order valence-corrected chi connectivity index (χ3v) is 3.45. The summed E-state index contributed by atoms with van der Waals surface area (Å²) < 4.78 is 6.54. The van der Waals surface area contributed by atoms with Gasteiger partial charge in [0, 0.05) is 6.08 Å². The number of esters is 1. The highest BCUT2D eigenvalue weighted by atomic mass is 127. The van der Waals surface area contributed by atoms with E-state index in [0.717, 1.165) is 32.1 Å². The van der Waals surface area contributed by atoms with Crippen molar-refractivity contribution in [2.45, 2.75) is 57.5 Å². The summed E-state index contributed by atoms with van der Waals surface area (Å²) in [7, 11) is 0. The van der Waals surface area contributed by atoms with Gasteiger partial charge in [0.05, 0.1) is 0 Å². The molecule has 96 valence electrons. The highest BCUT2D eigenvalue weighted by Gasteiger charge is 2.15. The van der Waals surface area contributed by atoms with Crippen LogP contribution >= 0.6 is 22.6 Å². The van der Waals surface area contributed by atoms with Crippen LogP contribution < -0.4 is 0 Å². The van der Waals surface area contributed by atoms with Gasteiger partial charge in [-0.1, -0.05) is 19.1 Å². The van der Waals surface area contributed by atoms with Crippen LogP contribution in [0.4, 0.5) is 0 Å². The van der Waals surface area contributed by atoms with E-state index in [1.165, 1.54) is 22.8 Å². The minimum absolute atomic E-state index is 0.162. The van der Waals surface area contributed by atoms with E-state index in [2.05, 4.69) is 29.2 Å². The minimum Gasteiger partial charge on any atom is -0.459 e. The average molecular weight is 348 g/mol. The molecular weight excluding hydrogens is 327 g/mol. The van der Waals surface area contributed by atoms with Gasteiger partial charge in [-0.3, -0.25) is 0 Å². The minimum atomic E-state index is -0.176. The number of halogens is 1. The second-order valence-electron chi connectivity index (χ2n) is 4.51. The first-order valence-electron chi connectivity index (χ1n) is 6.39. The summed E-state index contributed by atoms with van der Waals surface area (Å²) in [6, 6.07) is 0. The largest absolute Gasteiger partial charge is 0.459 e. The van der Waals surface area contributed by atoms with Gasteiger partial charge in [-0.2, -0.15) is 0 Å². The number of ether oxygens (including phenoxy) is 1. The Morgan fingerprint density at radius 2 is 2.06 bits per heavy atom. The fourth-order valence-corrected chi connectivity index (χ4v) is 2.36. The molecule has 0 aromatic rings. The van der Waals surface area contributed by atoms with Crippen LogP contribution in [0.25, 0.3) is 0 Å². The Morgan fingerprint density at radius 3 is 2.71 bits per heavy atom. The number of carbonyl (C=O) groups excluding carboxylic acids is 1. The van der Waals surface area contributed by atoms with Gasteiger partial charge in [0.2, 0.25) is 0 Å². The maximum atomic E-state index is 11.5. The monoisotopic (exact) mass is 348 g/mol. The number of carbonyl (C=O) groups is 1. The zero-order valence-corrected chi connectivity index (χ0v) is 12.4. The molecule has 1 rings (SSSR count). The lowest BCUT2D eigenvalue weighted by Gasteiger charge is -2.20. The van der Waals surface area contributed by atoms with E-state index in [4.69, 9.17) is 4.74 Å². The molecule has 1 saturated carbocycles. The summed E-state index contributed by atoms with van der Waals surface area (Å²) in [5, 5.41) is 0. The molecule has 0 radical (unpaired) electrons. The lowest BCUT2D eigenvalue weighted by molar-refractivity contribution is -0.144. The standard InChI is InChI=1S/C14H21IO2/c1-12(15)8-4-2-7-11-14(16)17-13-9-5-3-6-10-13/h7,11,13H,1-6,8-10H2/b11-7+. The molecule has 0 bridgehead atoms. The Bertz CT molecular complexity index is 278. The molecule has 1 aliphatic carbocycles. The smallest absolute Gasteiger partial charge is 0.330 e. The first-order chi connectivity index (χ1) is 8.18. The lowest BCUT2D eigenvalue weighted by atomic mass is 9.98. The summed E-state index contributed by atoms with van der Waals surface area (Å²) in [4.78, 5) is 11.5. The number of hydrogen-bond donors (Lipinski definition) is 0. The van der Waals surface area contributed by atoms with Crippen molar-refractivity contribution in [1.82, 2.24) is 0 Å². The normalized spacial score (nSPS) is 17.2. The predicted octanol–water partition coefficient (Wildman–Crippen LogP) is 4.54. The number of unbranched alkanes of at least 4 members (excludes halogenated alkanes) is 1. The molecule has 0 N–H and O–H groups in total. The quantitative estimate of drug-likeness (QED) is 0.305. The van der Waals surface area contributed by atoms with Gasteiger partial charge in [0.1, 0.15) is 6.10 Å². The second-order valence-corrected chi connectivity index (χ2v) is 6.03. The van der Waals surface area contributed by atoms with Gasteiger partial charge in [0.25, 0.3) is 0 Å². The van der Waals surface area contributed by atoms with Crippen LogP contribution in [0.2, 0.25) is 0 Å². The maximum absolute atomic E-state index is 11.5. The number of rotatable bonds is 6. The van der Waals surface area contributed by atoms with Crippen molar-refractivity contribution in [3.05, 3.63) is 22.3 Å². The first kappa shape index (κ1) is 14.7. The Labute approximate surface area is 118 Å². The molecule has 2 nitrogen and oxygen atoms in total. The summed E-state index contributed by atoms with van der Waals surface area (Å²) >= 11 is 2.23. The molecule has 0 aliphatic heterocycles. The lowest BCUT2D eigenvalue weighted by Crippen LogP contribution is -2.19. The molecule has 3 heteroatoms. The first-order valence-corrected chi connectivity index (χ1v) is 7.47. The third-order valence-electron chi connectivity index (χ3n) is 2.91. The molecular formula is C14H21IO2. The molecule has 0 atom stereocenters. The van der Waals surface area contributed by atoms with Gasteiger partial charge in [-0.25, -0.2) is 4.79 Å². The highest BCUT2D eigenvalue weighted by molar-refractivity contribution is 14.1. The van der Waals surface area contributed by atoms with Crippen molar-refractivity contribution in [2.75, 3.05) is 0 Å². The third kappa shape index (κ3) is 7.58. The van der Waals surface area contributed by atoms with Crippen molar-refractivity contribution >= 4 is 28.6 Å². The molecule has 0 aromatic heterocycles. The van der Waals surface area contributed by atoms with Gasteiger partial charge >= 0.3 is 5.97 Å². The van der Waals surface area contributed by atoms with E-state index in [1.807, 2.05) is 6.08 Å². The second kappa shape index (κ2) is 8.72. The van der Waals surface area contributed by atoms with Crippen LogP contribution in [0, 0.1) is 0 Å². The average Bonchev–Trinajstić information content (AvgIpc) is 2.29. The summed E-state index contributed by atoms with van der Waals surface area (Å²) in [5.74, 6) is -0.176. The van der Waals surface area contributed by atoms with Crippen molar-refractivity contribution in [3.63, 3.8) is 0 Å². The van der Waals surface area contributed by atoms with Gasteiger partial charge in [-0.15, -0.1) is 0 Å². The van der Waals surface area contributed by atoms with Crippen molar-refractivity contribution in [1.29, 1.82) is 0 Å². The van der Waals surface area contributed by atoms with Gasteiger partial charge in [0.15, 0.2) is 0 Å². The van der Waals surface area contributed by atoms with Crippen LogP contribution in [0.5, 0.6) is 0 Å². The molecule has 0 heterocycles. The SMILES string of the molecule is C=C(I)CCC/C=C/C(=O)OC1CCCCC1. The molecule has 0 aromatic carbocycles. The molecule has 1 aliphatic rings. The Balaban J connectivity index is 2.10. The Morgan fingerprint density at radius 1 is 1.35 bits per heavy atom. The molecule has 0 amide bonds. The van der Waals surface area contributed by atoms with E-state index < -0.39 is 0 Å². The summed E-state index contributed by atoms with van der Waals surface area (Å²) in [5.41, 5.74) is 0. The van der Waals surface area contributed by atoms with Crippen LogP contribution in [-0.4, -0.2) is 12.1 Å². The van der Waals surface area contributed by atoms with E-state index in [9.17, 15) is 4.79 Å². The van der Waals surface area contributed by atoms with E-state index in [-0.39, 0.29) is 12.1 Å². The summed E-state index contributed by atoms with van der Waals surface area (Å²) in [6.45, 7) is 3.84. The zero-order chi connectivity index (χ0) is 12.5. The molecule has 0 unspecified atom stereocenters. The number of hydrogen-bond acceptors (Lipinski definition) is 2. The Hall–Kier alpha value is -0.320. The van der Waals surface area contributed by atoms with Crippen molar-refractivity contribution < 1.29 is 9.53 Å². The Kier molecular flexibility index (Phi) is 7.56. The predicted molar refractivity (Wildman–Crippen MR) is 79.1 cm³/mol. The maximum Gasteiger partial charge on any atom is 0.330 e. The van der Waals surface area contributed by atoms with E-state index in [1.54, 1.807) is 6.08 Å². The van der Waals surface area contributed by atoms with Gasteiger partial charge < -0.3 is 4.74 Å². The van der Waals surface area contributed by atoms with Crippen LogP contribution in [0.15, 0.2) is 22.3 Å². The van der Waals surface area contributed by atoms with Crippen molar-refractivity contribution in [2.24, 2.45) is 0 Å². The van der Waals surface area contributed by atoms with E-state index in [0.29, 0.717) is 0 Å². The fraction of sp³-hybridized carbons (Fsp3) is 0.643. The molecule has 17 heavy (non-hydrogen) atoms. The van der Waals surface area contributed by atoms with E-state index >= 15 is 0 Å². The van der Waals surface area contributed by atoms with Crippen molar-refractivity contribution in [3.8, 4) is 0 Å². The van der Waals surface area contributed by atoms with Crippen LogP contribution in [0.3, 0.4) is 0 Å². The van der Waals surface area contributed by atoms with Gasteiger partial charge in [-0.05, 0) is 71.1 Å². The zero-order valence-electron chi connectivity index (χ0n) is 10.3. The number of allylic oxidation sites excluding steroid dienone is 2. The summed E-state index contributed by atoms with van der Waals surface area (Å²) in [6.07, 6.45) is 12.4. The highest BCUT2D eigenvalue weighted by Crippen LogP contribution is 2.20. The van der Waals surface area contributed by atoms with Crippen LogP contribution in [-0.2, 0) is 9.53 Å². The molecule has 0 saturated heterocycles. The molecule has 1 fully saturated rings.